The molecule has 0 saturated heterocycles. The number of amides is 2. The lowest BCUT2D eigenvalue weighted by molar-refractivity contribution is -0.114. The first-order valence-corrected chi connectivity index (χ1v) is 8.30. The van der Waals surface area contributed by atoms with Gasteiger partial charge in [0.15, 0.2) is 5.13 Å². The number of carbonyl (C=O) groups is 2. The summed E-state index contributed by atoms with van der Waals surface area (Å²) in [5, 5.41) is 7.59. The van der Waals surface area contributed by atoms with Crippen molar-refractivity contribution >= 4 is 34.0 Å². The lowest BCUT2D eigenvalue weighted by Crippen LogP contribution is -2.11. The molecule has 0 fully saturated rings. The summed E-state index contributed by atoms with van der Waals surface area (Å²) in [7, 11) is 0. The number of benzene rings is 2. The van der Waals surface area contributed by atoms with Gasteiger partial charge in [-0.15, -0.1) is 11.3 Å². The summed E-state index contributed by atoms with van der Waals surface area (Å²) in [6, 6.07) is 12.7. The second-order valence-corrected chi connectivity index (χ2v) is 6.12. The SMILES string of the molecule is CC(=O)Nc1ccc(-c2csc(NC(=O)c3cccc(F)c3)n2)cc1. The molecular weight excluding hydrogens is 341 g/mol. The molecule has 1 aromatic heterocycles. The summed E-state index contributed by atoms with van der Waals surface area (Å²) in [4.78, 5) is 27.5. The van der Waals surface area contributed by atoms with Crippen molar-refractivity contribution in [3.05, 3.63) is 65.3 Å². The summed E-state index contributed by atoms with van der Waals surface area (Å²) in [6.07, 6.45) is 0. The fourth-order valence-electron chi connectivity index (χ4n) is 2.19. The number of aromatic nitrogens is 1. The smallest absolute Gasteiger partial charge is 0.257 e. The van der Waals surface area contributed by atoms with Gasteiger partial charge in [-0.3, -0.25) is 14.9 Å². The summed E-state index contributed by atoms with van der Waals surface area (Å²) in [5.74, 6) is -1.02. The number of halogens is 1. The van der Waals surface area contributed by atoms with Crippen molar-refractivity contribution in [2.24, 2.45) is 0 Å². The summed E-state index contributed by atoms with van der Waals surface area (Å²) in [5.41, 5.74) is 2.49. The molecule has 0 radical (unpaired) electrons. The molecule has 2 aromatic carbocycles. The van der Waals surface area contributed by atoms with Gasteiger partial charge in [-0.25, -0.2) is 9.37 Å². The van der Waals surface area contributed by atoms with Crippen molar-refractivity contribution in [1.29, 1.82) is 0 Å². The van der Waals surface area contributed by atoms with Crippen LogP contribution in [0.25, 0.3) is 11.3 Å². The Bertz CT molecular complexity index is 922. The Hall–Kier alpha value is -3.06. The predicted octanol–water partition coefficient (Wildman–Crippen LogP) is 4.16. The van der Waals surface area contributed by atoms with Gasteiger partial charge in [0.2, 0.25) is 5.91 Å². The molecule has 3 aromatic rings. The van der Waals surface area contributed by atoms with Crippen molar-refractivity contribution in [3.63, 3.8) is 0 Å². The second kappa shape index (κ2) is 7.23. The summed E-state index contributed by atoms with van der Waals surface area (Å²) in [6.45, 7) is 1.45. The van der Waals surface area contributed by atoms with E-state index in [9.17, 15) is 14.0 Å². The summed E-state index contributed by atoms with van der Waals surface area (Å²) < 4.78 is 13.2. The van der Waals surface area contributed by atoms with Gasteiger partial charge in [0.1, 0.15) is 5.82 Å². The van der Waals surface area contributed by atoms with Gasteiger partial charge in [0.25, 0.3) is 5.91 Å². The van der Waals surface area contributed by atoms with Gasteiger partial charge in [0.05, 0.1) is 5.69 Å². The molecule has 0 aliphatic rings. The average Bonchev–Trinajstić information content (AvgIpc) is 3.03. The van der Waals surface area contributed by atoms with Gasteiger partial charge in [-0.05, 0) is 30.3 Å². The molecule has 0 atom stereocenters. The van der Waals surface area contributed by atoms with Crippen LogP contribution in [0.2, 0.25) is 0 Å². The maximum absolute atomic E-state index is 13.2. The van der Waals surface area contributed by atoms with Crippen LogP contribution in [-0.4, -0.2) is 16.8 Å². The zero-order valence-corrected chi connectivity index (χ0v) is 14.1. The van der Waals surface area contributed by atoms with E-state index in [0.29, 0.717) is 16.5 Å². The molecular formula is C18H14FN3O2S. The minimum atomic E-state index is -0.466. The molecule has 7 heteroatoms. The molecule has 0 aliphatic carbocycles. The highest BCUT2D eigenvalue weighted by atomic mass is 32.1. The Morgan fingerprint density at radius 2 is 1.84 bits per heavy atom. The van der Waals surface area contributed by atoms with E-state index < -0.39 is 11.7 Å². The molecule has 126 valence electrons. The lowest BCUT2D eigenvalue weighted by Gasteiger charge is -2.03. The van der Waals surface area contributed by atoms with Gasteiger partial charge >= 0.3 is 0 Å². The highest BCUT2D eigenvalue weighted by molar-refractivity contribution is 7.14. The third kappa shape index (κ3) is 4.27. The first-order chi connectivity index (χ1) is 12.0. The largest absolute Gasteiger partial charge is 0.326 e. The van der Waals surface area contributed by atoms with Crippen molar-refractivity contribution < 1.29 is 14.0 Å². The maximum atomic E-state index is 13.2. The monoisotopic (exact) mass is 355 g/mol. The number of hydrogen-bond acceptors (Lipinski definition) is 4. The lowest BCUT2D eigenvalue weighted by atomic mass is 10.1. The van der Waals surface area contributed by atoms with Crippen LogP contribution in [-0.2, 0) is 4.79 Å². The molecule has 1 heterocycles. The third-order valence-electron chi connectivity index (χ3n) is 3.31. The van der Waals surface area contributed by atoms with Crippen LogP contribution >= 0.6 is 11.3 Å². The van der Waals surface area contributed by atoms with Gasteiger partial charge in [-0.2, -0.15) is 0 Å². The molecule has 5 nitrogen and oxygen atoms in total. The van der Waals surface area contributed by atoms with Crippen LogP contribution in [0.5, 0.6) is 0 Å². The van der Waals surface area contributed by atoms with E-state index in [1.54, 1.807) is 12.1 Å². The van der Waals surface area contributed by atoms with E-state index in [0.717, 1.165) is 5.56 Å². The zero-order chi connectivity index (χ0) is 17.8. The van der Waals surface area contributed by atoms with Crippen molar-refractivity contribution in [3.8, 4) is 11.3 Å². The van der Waals surface area contributed by atoms with E-state index in [2.05, 4.69) is 15.6 Å². The number of carbonyl (C=O) groups excluding carboxylic acids is 2. The van der Waals surface area contributed by atoms with Crippen LogP contribution in [0.4, 0.5) is 15.2 Å². The van der Waals surface area contributed by atoms with E-state index >= 15 is 0 Å². The van der Waals surface area contributed by atoms with Crippen LogP contribution < -0.4 is 10.6 Å². The molecule has 3 rings (SSSR count). The summed E-state index contributed by atoms with van der Waals surface area (Å²) >= 11 is 1.28. The highest BCUT2D eigenvalue weighted by Gasteiger charge is 2.10. The predicted molar refractivity (Wildman–Crippen MR) is 96.2 cm³/mol. The van der Waals surface area contributed by atoms with Crippen LogP contribution in [0.3, 0.4) is 0 Å². The molecule has 2 amide bonds. The van der Waals surface area contributed by atoms with Gasteiger partial charge in [-0.1, -0.05) is 18.2 Å². The average molecular weight is 355 g/mol. The number of hydrogen-bond donors (Lipinski definition) is 2. The molecule has 2 N–H and O–H groups in total. The third-order valence-corrected chi connectivity index (χ3v) is 4.07. The van der Waals surface area contributed by atoms with Gasteiger partial charge in [0, 0.05) is 29.1 Å². The molecule has 0 bridgehead atoms. The van der Waals surface area contributed by atoms with E-state index in [1.165, 1.54) is 42.5 Å². The Balaban J connectivity index is 1.72. The molecule has 0 spiro atoms. The number of nitrogens with zero attached hydrogens (tertiary/aromatic N) is 1. The van der Waals surface area contributed by atoms with Crippen molar-refractivity contribution in [2.75, 3.05) is 10.6 Å². The minimum Gasteiger partial charge on any atom is -0.326 e. The van der Waals surface area contributed by atoms with Crippen molar-refractivity contribution in [1.82, 2.24) is 4.98 Å². The number of thiazole rings is 1. The van der Waals surface area contributed by atoms with Crippen LogP contribution in [0, 0.1) is 5.82 Å². The Morgan fingerprint density at radius 1 is 1.08 bits per heavy atom. The quantitative estimate of drug-likeness (QED) is 0.738. The number of anilines is 2. The molecule has 25 heavy (non-hydrogen) atoms. The minimum absolute atomic E-state index is 0.135. The van der Waals surface area contributed by atoms with E-state index in [1.807, 2.05) is 17.5 Å². The Kier molecular flexibility index (Phi) is 4.85. The standard InChI is InChI=1S/C18H14FN3O2S/c1-11(23)20-15-7-5-12(6-8-15)16-10-25-18(21-16)22-17(24)13-3-2-4-14(19)9-13/h2-10H,1H3,(H,20,23)(H,21,22,24). The van der Waals surface area contributed by atoms with E-state index in [-0.39, 0.29) is 11.5 Å². The van der Waals surface area contributed by atoms with Gasteiger partial charge < -0.3 is 5.32 Å². The van der Waals surface area contributed by atoms with Crippen molar-refractivity contribution in [2.45, 2.75) is 6.92 Å². The fourth-order valence-corrected chi connectivity index (χ4v) is 2.91. The number of rotatable bonds is 4. The highest BCUT2D eigenvalue weighted by Crippen LogP contribution is 2.26. The Morgan fingerprint density at radius 3 is 2.52 bits per heavy atom. The topological polar surface area (TPSA) is 71.1 Å². The van der Waals surface area contributed by atoms with Crippen LogP contribution in [0.1, 0.15) is 17.3 Å². The number of nitrogens with one attached hydrogen (secondary N) is 2. The van der Waals surface area contributed by atoms with E-state index in [4.69, 9.17) is 0 Å². The first-order valence-electron chi connectivity index (χ1n) is 7.42. The zero-order valence-electron chi connectivity index (χ0n) is 13.2. The second-order valence-electron chi connectivity index (χ2n) is 5.26. The van der Waals surface area contributed by atoms with Crippen LogP contribution in [0.15, 0.2) is 53.9 Å². The molecule has 0 saturated carbocycles. The molecule has 0 aliphatic heterocycles. The first kappa shape index (κ1) is 16.8. The Labute approximate surface area is 147 Å². The fraction of sp³-hybridized carbons (Fsp3) is 0.0556. The maximum Gasteiger partial charge on any atom is 0.257 e. The molecule has 0 unspecified atom stereocenters. The normalized spacial score (nSPS) is 10.3.